The summed E-state index contributed by atoms with van der Waals surface area (Å²) in [6.45, 7) is 0. The highest BCUT2D eigenvalue weighted by Gasteiger charge is 2.34. The van der Waals surface area contributed by atoms with Crippen molar-refractivity contribution in [1.82, 2.24) is 0 Å². The van der Waals surface area contributed by atoms with Gasteiger partial charge < -0.3 is 20.6 Å². The Morgan fingerprint density at radius 2 is 1.65 bits per heavy atom. The van der Waals surface area contributed by atoms with E-state index in [2.05, 4.69) is 0 Å². The molecular weight excluding hydrogens is 388 g/mol. The van der Waals surface area contributed by atoms with Gasteiger partial charge in [-0.05, 0) is 42.5 Å². The van der Waals surface area contributed by atoms with Crippen LogP contribution in [0.4, 0.5) is 5.69 Å². The quantitative estimate of drug-likeness (QED) is 0.457. The van der Waals surface area contributed by atoms with E-state index in [0.29, 0.717) is 33.7 Å². The van der Waals surface area contributed by atoms with Gasteiger partial charge >= 0.3 is 0 Å². The maximum atomic E-state index is 13.6. The van der Waals surface area contributed by atoms with E-state index in [-0.39, 0.29) is 11.0 Å². The number of benzene rings is 3. The molecule has 1 fully saturated rings. The lowest BCUT2D eigenvalue weighted by molar-refractivity contribution is 0.253. The third-order valence-corrected chi connectivity index (χ3v) is 6.31. The number of rotatable bonds is 4. The van der Waals surface area contributed by atoms with Gasteiger partial charge in [0, 0.05) is 11.1 Å². The van der Waals surface area contributed by atoms with Crippen LogP contribution in [0.3, 0.4) is 0 Å². The van der Waals surface area contributed by atoms with Crippen molar-refractivity contribution in [2.24, 2.45) is 5.73 Å². The molecule has 0 amide bonds. The van der Waals surface area contributed by atoms with Crippen LogP contribution in [0.25, 0.3) is 33.4 Å². The Bertz CT molecular complexity index is 1320. The van der Waals surface area contributed by atoms with Crippen molar-refractivity contribution in [3.05, 3.63) is 82.5 Å². The molecule has 3 aromatic carbocycles. The van der Waals surface area contributed by atoms with Gasteiger partial charge in [-0.1, -0.05) is 54.6 Å². The maximum absolute atomic E-state index is 13.6. The van der Waals surface area contributed by atoms with Crippen molar-refractivity contribution in [2.75, 3.05) is 12.8 Å². The first kappa shape index (κ1) is 19.4. The number of ether oxygens (including phenoxy) is 1. The molecule has 0 bridgehead atoms. The zero-order chi connectivity index (χ0) is 21.6. The highest BCUT2D eigenvalue weighted by molar-refractivity contribution is 5.96. The first-order valence-electron chi connectivity index (χ1n) is 10.4. The minimum Gasteiger partial charge on any atom is -0.494 e. The number of fused-ring (bicyclic) bond motifs is 1. The first-order valence-corrected chi connectivity index (χ1v) is 10.4. The monoisotopic (exact) mass is 412 g/mol. The van der Waals surface area contributed by atoms with Crippen LogP contribution in [-0.4, -0.2) is 7.11 Å². The summed E-state index contributed by atoms with van der Waals surface area (Å²) in [5, 5.41) is 0.423. The third kappa shape index (κ3) is 3.09. The first-order chi connectivity index (χ1) is 15.0. The van der Waals surface area contributed by atoms with Crippen LogP contribution in [0.1, 0.15) is 24.8 Å². The summed E-state index contributed by atoms with van der Waals surface area (Å²) in [5.41, 5.74) is 16.2. The Morgan fingerprint density at radius 1 is 0.935 bits per heavy atom. The van der Waals surface area contributed by atoms with Crippen LogP contribution in [0.5, 0.6) is 5.75 Å². The van der Waals surface area contributed by atoms with Gasteiger partial charge in [-0.15, -0.1) is 0 Å². The predicted molar refractivity (Wildman–Crippen MR) is 124 cm³/mol. The summed E-state index contributed by atoms with van der Waals surface area (Å²) in [5.74, 6) is 0.956. The molecule has 1 aromatic heterocycles. The summed E-state index contributed by atoms with van der Waals surface area (Å²) >= 11 is 0. The second kappa shape index (κ2) is 7.29. The molecule has 0 saturated heterocycles. The number of nitrogens with two attached hydrogens (primary N) is 2. The van der Waals surface area contributed by atoms with E-state index in [1.54, 1.807) is 12.1 Å². The molecular formula is C26H24N2O3. The van der Waals surface area contributed by atoms with Crippen molar-refractivity contribution in [2.45, 2.75) is 24.8 Å². The van der Waals surface area contributed by atoms with Gasteiger partial charge in [0.2, 0.25) is 5.43 Å². The van der Waals surface area contributed by atoms with Gasteiger partial charge in [0.05, 0.1) is 18.1 Å². The fourth-order valence-corrected chi connectivity index (χ4v) is 4.31. The molecule has 4 aromatic rings. The molecule has 156 valence electrons. The highest BCUT2D eigenvalue weighted by atomic mass is 16.5. The lowest BCUT2D eigenvalue weighted by atomic mass is 9.72. The number of hydrogen-bond donors (Lipinski definition) is 2. The molecule has 4 N–H and O–H groups in total. The fourth-order valence-electron chi connectivity index (χ4n) is 4.31. The second-order valence-corrected chi connectivity index (χ2v) is 8.15. The topological polar surface area (TPSA) is 91.5 Å². The summed E-state index contributed by atoms with van der Waals surface area (Å²) < 4.78 is 11.6. The molecule has 0 atom stereocenters. The van der Waals surface area contributed by atoms with E-state index in [1.807, 2.05) is 54.6 Å². The van der Waals surface area contributed by atoms with E-state index in [9.17, 15) is 4.79 Å². The lowest BCUT2D eigenvalue weighted by Gasteiger charge is -2.38. The average Bonchev–Trinajstić information content (AvgIpc) is 2.79. The van der Waals surface area contributed by atoms with Crippen molar-refractivity contribution < 1.29 is 9.15 Å². The Morgan fingerprint density at radius 3 is 2.26 bits per heavy atom. The summed E-state index contributed by atoms with van der Waals surface area (Å²) in [4.78, 5) is 13.6. The second-order valence-electron chi connectivity index (χ2n) is 8.15. The van der Waals surface area contributed by atoms with E-state index >= 15 is 0 Å². The van der Waals surface area contributed by atoms with Gasteiger partial charge in [0.1, 0.15) is 17.2 Å². The average molecular weight is 412 g/mol. The van der Waals surface area contributed by atoms with E-state index in [4.69, 9.17) is 20.6 Å². The molecule has 5 heteroatoms. The molecule has 31 heavy (non-hydrogen) atoms. The maximum Gasteiger partial charge on any atom is 0.201 e. The molecule has 5 rings (SSSR count). The van der Waals surface area contributed by atoms with Gasteiger partial charge in [-0.25, -0.2) is 0 Å². The molecule has 0 radical (unpaired) electrons. The van der Waals surface area contributed by atoms with Gasteiger partial charge in [-0.2, -0.15) is 0 Å². The van der Waals surface area contributed by atoms with E-state index < -0.39 is 0 Å². The standard InChI is InChI=1S/C26H24N2O3/c1-30-20-13-12-19-23(29)21(16-8-10-18(11-9-16)26(28)14-5-15-26)24(31-25(19)22(20)27)17-6-3-2-4-7-17/h2-4,6-13H,5,14-15,27-28H2,1H3. The lowest BCUT2D eigenvalue weighted by Crippen LogP contribution is -2.43. The van der Waals surface area contributed by atoms with Gasteiger partial charge in [0.25, 0.3) is 0 Å². The summed E-state index contributed by atoms with van der Waals surface area (Å²) in [7, 11) is 1.54. The van der Waals surface area contributed by atoms with Crippen LogP contribution in [0.15, 0.2) is 75.9 Å². The summed E-state index contributed by atoms with van der Waals surface area (Å²) in [6.07, 6.45) is 3.12. The van der Waals surface area contributed by atoms with Crippen LogP contribution in [-0.2, 0) is 5.54 Å². The summed E-state index contributed by atoms with van der Waals surface area (Å²) in [6, 6.07) is 20.9. The molecule has 1 aliphatic carbocycles. The van der Waals surface area contributed by atoms with Gasteiger partial charge in [-0.3, -0.25) is 4.79 Å². The van der Waals surface area contributed by atoms with Crippen molar-refractivity contribution in [3.8, 4) is 28.2 Å². The Labute approximate surface area is 180 Å². The molecule has 1 saturated carbocycles. The van der Waals surface area contributed by atoms with Crippen molar-refractivity contribution >= 4 is 16.7 Å². The van der Waals surface area contributed by atoms with Crippen LogP contribution < -0.4 is 21.6 Å². The zero-order valence-electron chi connectivity index (χ0n) is 17.4. The van der Waals surface area contributed by atoms with Crippen molar-refractivity contribution in [1.29, 1.82) is 0 Å². The van der Waals surface area contributed by atoms with Crippen LogP contribution in [0, 0.1) is 0 Å². The minimum atomic E-state index is -0.250. The highest BCUT2D eigenvalue weighted by Crippen LogP contribution is 2.40. The zero-order valence-corrected chi connectivity index (χ0v) is 17.4. The number of methoxy groups -OCH3 is 1. The largest absolute Gasteiger partial charge is 0.494 e. The normalized spacial score (nSPS) is 14.9. The molecule has 0 spiro atoms. The van der Waals surface area contributed by atoms with Crippen LogP contribution in [0.2, 0.25) is 0 Å². The smallest absolute Gasteiger partial charge is 0.201 e. The van der Waals surface area contributed by atoms with E-state index in [1.165, 1.54) is 7.11 Å². The van der Waals surface area contributed by atoms with Crippen LogP contribution >= 0.6 is 0 Å². The molecule has 1 aliphatic rings. The molecule has 5 nitrogen and oxygen atoms in total. The molecule has 1 heterocycles. The van der Waals surface area contributed by atoms with Crippen molar-refractivity contribution in [3.63, 3.8) is 0 Å². The predicted octanol–water partition coefficient (Wildman–Crippen LogP) is 5.06. The number of hydrogen-bond acceptors (Lipinski definition) is 5. The third-order valence-electron chi connectivity index (χ3n) is 6.31. The van der Waals surface area contributed by atoms with E-state index in [0.717, 1.165) is 36.0 Å². The SMILES string of the molecule is COc1ccc2c(=O)c(-c3ccc(C4(N)CCC4)cc3)c(-c3ccccc3)oc2c1N. The number of anilines is 1. The molecule has 0 aliphatic heterocycles. The number of nitrogen functional groups attached to an aromatic ring is 1. The Kier molecular flexibility index (Phi) is 4.56. The fraction of sp³-hybridized carbons (Fsp3) is 0.192. The Hall–Kier alpha value is -3.57. The Balaban J connectivity index is 1.77. The van der Waals surface area contributed by atoms with Gasteiger partial charge in [0.15, 0.2) is 5.58 Å². The minimum absolute atomic E-state index is 0.131. The molecule has 0 unspecified atom stereocenters.